The van der Waals surface area contributed by atoms with Gasteiger partial charge in [0.25, 0.3) is 0 Å². The van der Waals surface area contributed by atoms with Gasteiger partial charge in [0.15, 0.2) is 0 Å². The van der Waals surface area contributed by atoms with Gasteiger partial charge in [-0.2, -0.15) is 5.10 Å². The summed E-state index contributed by atoms with van der Waals surface area (Å²) in [5.41, 5.74) is 0. The molecule has 0 aliphatic carbocycles. The zero-order chi connectivity index (χ0) is 14.4. The second-order valence-corrected chi connectivity index (χ2v) is 5.97. The molecule has 2 rings (SSSR count). The molecule has 2 unspecified atom stereocenters. The highest BCUT2D eigenvalue weighted by molar-refractivity contribution is 5.75. The van der Waals surface area contributed by atoms with Crippen molar-refractivity contribution in [2.24, 2.45) is 17.8 Å². The van der Waals surface area contributed by atoms with E-state index in [0.29, 0.717) is 18.4 Å². The maximum atomic E-state index is 11.8. The number of nitrogens with zero attached hydrogens (tertiary/aromatic N) is 2. The largest absolute Gasteiger partial charge is 0.461 e. The maximum absolute atomic E-state index is 11.8. The van der Waals surface area contributed by atoms with Crippen LogP contribution in [0.2, 0.25) is 0 Å². The molecule has 0 aromatic carbocycles. The summed E-state index contributed by atoms with van der Waals surface area (Å²) in [6.45, 7) is 5.77. The summed E-state index contributed by atoms with van der Waals surface area (Å²) in [6.07, 6.45) is 10.9. The SMILES string of the molecule is CC(C)CCC(CC1C=CCOC1=O)Cn1cccn1. The van der Waals surface area contributed by atoms with E-state index in [1.807, 2.05) is 29.1 Å². The molecule has 0 spiro atoms. The number of cyclic esters (lactones) is 1. The van der Waals surface area contributed by atoms with Crippen LogP contribution in [0.15, 0.2) is 30.6 Å². The lowest BCUT2D eigenvalue weighted by Gasteiger charge is -2.23. The van der Waals surface area contributed by atoms with Gasteiger partial charge in [-0.1, -0.05) is 32.4 Å². The summed E-state index contributed by atoms with van der Waals surface area (Å²) < 4.78 is 7.07. The predicted molar refractivity (Wildman–Crippen MR) is 78.0 cm³/mol. The number of carbonyl (C=O) groups is 1. The Kier molecular flexibility index (Phi) is 5.39. The summed E-state index contributed by atoms with van der Waals surface area (Å²) in [7, 11) is 0. The van der Waals surface area contributed by atoms with E-state index in [1.165, 1.54) is 6.42 Å². The molecule has 1 aliphatic heterocycles. The summed E-state index contributed by atoms with van der Waals surface area (Å²) in [5, 5.41) is 4.28. The standard InChI is InChI=1S/C16H24N2O2/c1-13(2)6-7-14(12-18-9-4-8-17-18)11-15-5-3-10-20-16(15)19/h3-5,8-9,13-15H,6-7,10-12H2,1-2H3. The van der Waals surface area contributed by atoms with E-state index in [4.69, 9.17) is 4.74 Å². The van der Waals surface area contributed by atoms with E-state index in [2.05, 4.69) is 18.9 Å². The minimum atomic E-state index is -0.0866. The highest BCUT2D eigenvalue weighted by Gasteiger charge is 2.24. The van der Waals surface area contributed by atoms with Crippen molar-refractivity contribution in [3.8, 4) is 0 Å². The molecule has 4 heteroatoms. The molecule has 0 saturated heterocycles. The first-order valence-corrected chi connectivity index (χ1v) is 7.46. The van der Waals surface area contributed by atoms with Gasteiger partial charge < -0.3 is 4.74 Å². The number of carbonyl (C=O) groups excluding carboxylic acids is 1. The Labute approximate surface area is 120 Å². The third-order valence-electron chi connectivity index (χ3n) is 3.74. The van der Waals surface area contributed by atoms with E-state index >= 15 is 0 Å². The molecule has 1 aliphatic rings. The normalized spacial score (nSPS) is 20.1. The molecule has 1 aromatic rings. The quantitative estimate of drug-likeness (QED) is 0.568. The van der Waals surface area contributed by atoms with Gasteiger partial charge in [-0.05, 0) is 30.7 Å². The first-order chi connectivity index (χ1) is 9.65. The predicted octanol–water partition coefficient (Wildman–Crippen LogP) is 3.05. The smallest absolute Gasteiger partial charge is 0.313 e. The number of hydrogen-bond acceptors (Lipinski definition) is 3. The molecule has 0 radical (unpaired) electrons. The minimum Gasteiger partial charge on any atom is -0.461 e. The fraction of sp³-hybridized carbons (Fsp3) is 0.625. The molecular formula is C16H24N2O2. The first-order valence-electron chi connectivity index (χ1n) is 7.46. The van der Waals surface area contributed by atoms with Crippen molar-refractivity contribution in [1.29, 1.82) is 0 Å². The lowest BCUT2D eigenvalue weighted by molar-refractivity contribution is -0.147. The number of hydrogen-bond donors (Lipinski definition) is 0. The monoisotopic (exact) mass is 276 g/mol. The number of rotatable bonds is 7. The van der Waals surface area contributed by atoms with Crippen LogP contribution in [-0.4, -0.2) is 22.4 Å². The van der Waals surface area contributed by atoms with Crippen LogP contribution in [0.4, 0.5) is 0 Å². The zero-order valence-corrected chi connectivity index (χ0v) is 12.4. The zero-order valence-electron chi connectivity index (χ0n) is 12.4. The van der Waals surface area contributed by atoms with Crippen molar-refractivity contribution in [2.45, 2.75) is 39.7 Å². The lowest BCUT2D eigenvalue weighted by atomic mass is 9.88. The fourth-order valence-electron chi connectivity index (χ4n) is 2.60. The molecule has 0 bridgehead atoms. The number of esters is 1. The maximum Gasteiger partial charge on any atom is 0.313 e. The van der Waals surface area contributed by atoms with E-state index in [-0.39, 0.29) is 11.9 Å². The van der Waals surface area contributed by atoms with Gasteiger partial charge in [-0.15, -0.1) is 0 Å². The van der Waals surface area contributed by atoms with Gasteiger partial charge >= 0.3 is 5.97 Å². The van der Waals surface area contributed by atoms with Crippen molar-refractivity contribution >= 4 is 5.97 Å². The Morgan fingerprint density at radius 3 is 2.95 bits per heavy atom. The molecule has 110 valence electrons. The van der Waals surface area contributed by atoms with Gasteiger partial charge in [-0.25, -0.2) is 0 Å². The van der Waals surface area contributed by atoms with Crippen molar-refractivity contribution < 1.29 is 9.53 Å². The summed E-state index contributed by atoms with van der Waals surface area (Å²) >= 11 is 0. The second-order valence-electron chi connectivity index (χ2n) is 5.97. The molecule has 20 heavy (non-hydrogen) atoms. The van der Waals surface area contributed by atoms with Crippen LogP contribution in [0.5, 0.6) is 0 Å². The van der Waals surface area contributed by atoms with E-state index in [9.17, 15) is 4.79 Å². The van der Waals surface area contributed by atoms with Crippen LogP contribution >= 0.6 is 0 Å². The molecule has 0 N–H and O–H groups in total. The van der Waals surface area contributed by atoms with Crippen molar-refractivity contribution in [3.63, 3.8) is 0 Å². The van der Waals surface area contributed by atoms with Crippen LogP contribution in [0, 0.1) is 17.8 Å². The third kappa shape index (κ3) is 4.51. The van der Waals surface area contributed by atoms with Crippen molar-refractivity contribution in [1.82, 2.24) is 9.78 Å². The molecule has 4 nitrogen and oxygen atoms in total. The van der Waals surface area contributed by atoms with E-state index < -0.39 is 0 Å². The second kappa shape index (κ2) is 7.27. The number of ether oxygens (including phenoxy) is 1. The third-order valence-corrected chi connectivity index (χ3v) is 3.74. The molecule has 0 amide bonds. The highest BCUT2D eigenvalue weighted by Crippen LogP contribution is 2.24. The van der Waals surface area contributed by atoms with Crippen LogP contribution < -0.4 is 0 Å². The molecule has 2 heterocycles. The Hall–Kier alpha value is -1.58. The average Bonchev–Trinajstić information content (AvgIpc) is 2.91. The van der Waals surface area contributed by atoms with Crippen LogP contribution in [-0.2, 0) is 16.1 Å². The Morgan fingerprint density at radius 1 is 1.45 bits per heavy atom. The molecule has 1 aromatic heterocycles. The molecule has 0 fully saturated rings. The minimum absolute atomic E-state index is 0.0810. The average molecular weight is 276 g/mol. The number of aromatic nitrogens is 2. The van der Waals surface area contributed by atoms with Crippen LogP contribution in [0.1, 0.15) is 33.1 Å². The Morgan fingerprint density at radius 2 is 2.30 bits per heavy atom. The van der Waals surface area contributed by atoms with Gasteiger partial charge in [-0.3, -0.25) is 9.48 Å². The lowest BCUT2D eigenvalue weighted by Crippen LogP contribution is -2.24. The van der Waals surface area contributed by atoms with Crippen LogP contribution in [0.3, 0.4) is 0 Å². The fourth-order valence-corrected chi connectivity index (χ4v) is 2.60. The highest BCUT2D eigenvalue weighted by atomic mass is 16.5. The van der Waals surface area contributed by atoms with Gasteiger partial charge in [0, 0.05) is 18.9 Å². The molecule has 2 atom stereocenters. The summed E-state index contributed by atoms with van der Waals surface area (Å²) in [6, 6.07) is 1.94. The molecular weight excluding hydrogens is 252 g/mol. The van der Waals surface area contributed by atoms with Gasteiger partial charge in [0.05, 0.1) is 5.92 Å². The molecule has 0 saturated carbocycles. The van der Waals surface area contributed by atoms with Gasteiger partial charge in [0.2, 0.25) is 0 Å². The topological polar surface area (TPSA) is 44.1 Å². The van der Waals surface area contributed by atoms with Crippen molar-refractivity contribution in [3.05, 3.63) is 30.6 Å². The summed E-state index contributed by atoms with van der Waals surface area (Å²) in [5.74, 6) is 0.973. The van der Waals surface area contributed by atoms with E-state index in [0.717, 1.165) is 19.4 Å². The Balaban J connectivity index is 1.95. The van der Waals surface area contributed by atoms with E-state index in [1.54, 1.807) is 6.20 Å². The van der Waals surface area contributed by atoms with Crippen molar-refractivity contribution in [2.75, 3.05) is 6.61 Å². The first kappa shape index (κ1) is 14.8. The Bertz CT molecular complexity index is 437. The van der Waals surface area contributed by atoms with Crippen LogP contribution in [0.25, 0.3) is 0 Å². The van der Waals surface area contributed by atoms with Gasteiger partial charge in [0.1, 0.15) is 6.61 Å². The summed E-state index contributed by atoms with van der Waals surface area (Å²) in [4.78, 5) is 11.8.